The van der Waals surface area contributed by atoms with Crippen LogP contribution in [0.15, 0.2) is 12.4 Å². The van der Waals surface area contributed by atoms with E-state index in [0.717, 1.165) is 54.6 Å². The molecule has 1 saturated heterocycles. The maximum atomic E-state index is 4.71. The number of hydrogen-bond acceptors (Lipinski definition) is 13. The number of piperazine rings is 1. The van der Waals surface area contributed by atoms with Crippen LogP contribution in [0.2, 0.25) is 0 Å². The van der Waals surface area contributed by atoms with Gasteiger partial charge in [0.1, 0.15) is 5.82 Å². The molecule has 7 nitrogen and oxygen atoms in total. The minimum absolute atomic E-state index is 0. The molecule has 0 radical (unpaired) electrons. The average molecular weight is 1640 g/mol. The van der Waals surface area contributed by atoms with Gasteiger partial charge in [0.2, 0.25) is 0 Å². The summed E-state index contributed by atoms with van der Waals surface area (Å²) in [6, 6.07) is 0. The van der Waals surface area contributed by atoms with Gasteiger partial charge in [-0.3, -0.25) is 0 Å². The van der Waals surface area contributed by atoms with E-state index in [1.54, 1.807) is 193 Å². The van der Waals surface area contributed by atoms with Gasteiger partial charge in [0.25, 0.3) is 0 Å². The number of nitrogens with one attached hydrogen (secondary N) is 1. The first-order valence-corrected chi connectivity index (χ1v) is 57.3. The van der Waals surface area contributed by atoms with Gasteiger partial charge in [-0.2, -0.15) is 0 Å². The van der Waals surface area contributed by atoms with Gasteiger partial charge in [-0.05, 0) is 40.4 Å². The maximum Gasteiger partial charge on any atom is 3.00 e. The molecule has 0 aliphatic carbocycles. The normalized spacial score (nSPS) is 9.25. The van der Waals surface area contributed by atoms with Gasteiger partial charge in [0, 0.05) is 351 Å². The van der Waals surface area contributed by atoms with Crippen molar-refractivity contribution in [3.63, 3.8) is 0 Å². The van der Waals surface area contributed by atoms with Crippen LogP contribution in [-0.4, -0.2) is 83.1 Å². The van der Waals surface area contributed by atoms with E-state index in [1.807, 2.05) is 80.5 Å². The van der Waals surface area contributed by atoms with Gasteiger partial charge in [0.05, 0.1) is 0 Å². The Hall–Kier alpha value is 6.40. The first kappa shape index (κ1) is 91.9. The Labute approximate surface area is 547 Å². The van der Waals surface area contributed by atoms with Crippen molar-refractivity contribution in [2.24, 2.45) is 0 Å². The first-order valence-electron chi connectivity index (χ1n) is 17.3. The predicted octanol–water partition coefficient (Wildman–Crippen LogP) is 5.01. The molecule has 0 atom stereocenters. The van der Waals surface area contributed by atoms with Gasteiger partial charge < -0.3 is 38.9 Å². The molecule has 3 heterocycles. The summed E-state index contributed by atoms with van der Waals surface area (Å²) >= 11 is 28.0. The molecule has 3 rings (SSSR count). The Morgan fingerprint density at radius 3 is 1.01 bits per heavy atom. The van der Waals surface area contributed by atoms with Crippen molar-refractivity contribution >= 4 is 307 Å². The molecule has 1 fully saturated rings. The Morgan fingerprint density at radius 1 is 0.551 bits per heavy atom. The summed E-state index contributed by atoms with van der Waals surface area (Å²) in [6.07, 6.45) is 6.38. The van der Waals surface area contributed by atoms with Crippen LogP contribution in [0.4, 0.5) is 0 Å². The third-order valence-electron chi connectivity index (χ3n) is 4.96. The molecule has 1 N–H and O–H groups in total. The van der Waals surface area contributed by atoms with Crippen LogP contribution >= 0.6 is 0 Å². The van der Waals surface area contributed by atoms with Gasteiger partial charge in [0.15, 0.2) is 0 Å². The molecule has 69 heavy (non-hydrogen) atoms. The van der Waals surface area contributed by atoms with Gasteiger partial charge in [-0.25, -0.2) is 9.97 Å². The van der Waals surface area contributed by atoms with Crippen molar-refractivity contribution in [3.05, 3.63) is 60.9 Å². The van der Waals surface area contributed by atoms with E-state index in [2.05, 4.69) is 102 Å². The standard InChI is InChI=1S/C7H10N2.C6H7N2.C5H12N2.C5H11N.2C2H6.CH4.S14.S11.S8.Y/c1-5-4-8-7(3)9-6(5)2;1-5-3-7-6(2)8-4-5;1-7-4-2-6-3-5-7;1-4-6(3)5-2;2*1-2;;1-3-5-7-9-11-13-14-12-10-8-6-4-2;1-3-5-7-9-11-10-8-6-4-2;1-3-5-7-8-6-4-2;/h4H,1-3H3;3H,1-2H3;6H,2-5H2,1H3;1-2,4-5H2,3H3;2*1-2H3;1H4;;;;/q;-1;;-2;;;;;;;+3. The summed E-state index contributed by atoms with van der Waals surface area (Å²) in [5.74, 6) is 1.62. The molecule has 0 saturated carbocycles. The number of aromatic nitrogens is 4. The molecule has 0 aromatic carbocycles. The molecule has 0 spiro atoms. The summed E-state index contributed by atoms with van der Waals surface area (Å²) in [6.45, 7) is 31.4. The van der Waals surface area contributed by atoms with E-state index in [9.17, 15) is 0 Å². The van der Waals surface area contributed by atoms with Crippen LogP contribution in [0.1, 0.15) is 63.6 Å². The minimum atomic E-state index is 0. The summed E-state index contributed by atoms with van der Waals surface area (Å²) in [5, 5.41) is 3.27. The van der Waals surface area contributed by atoms with E-state index in [-0.39, 0.29) is 40.1 Å². The largest absolute Gasteiger partial charge is 3.00 e. The van der Waals surface area contributed by atoms with E-state index in [4.69, 9.17) is 22.4 Å². The maximum absolute atomic E-state index is 4.71. The molecule has 0 unspecified atom stereocenters. The summed E-state index contributed by atoms with van der Waals surface area (Å²) in [7, 11) is 47.7. The Morgan fingerprint density at radius 2 is 0.841 bits per heavy atom. The zero-order valence-electron chi connectivity index (χ0n) is 38.0. The zero-order chi connectivity index (χ0) is 52.0. The topological polar surface area (TPSA) is 70.1 Å². The van der Waals surface area contributed by atoms with Crippen molar-refractivity contribution in [2.75, 3.05) is 53.4 Å². The molecular weight excluding hydrogens is 1580 g/mol. The molecule has 1 aliphatic heterocycles. The molecule has 2 aromatic heterocycles. The number of aryl methyl sites for hydroxylation is 5. The number of nitrogens with zero attached hydrogens (tertiary/aromatic N) is 6. The van der Waals surface area contributed by atoms with Crippen LogP contribution in [0.25, 0.3) is 0 Å². The van der Waals surface area contributed by atoms with E-state index in [0.29, 0.717) is 0 Å². The molecule has 0 amide bonds. The van der Waals surface area contributed by atoms with Crippen LogP contribution < -0.4 is 5.32 Å². The van der Waals surface area contributed by atoms with Crippen molar-refractivity contribution in [2.45, 2.75) is 69.7 Å². The third-order valence-corrected chi connectivity index (χ3v) is 58.3. The third kappa shape index (κ3) is 91.2. The van der Waals surface area contributed by atoms with E-state index < -0.39 is 0 Å². The fraction of sp³-hybridized carbons (Fsp3) is 0.643. The SMILES string of the molecule is C.CC.CC.CN1CCNCC1.Cc1[c-]nc(C)nc1.Cc1ncc(C)c(C)n1.S=S=S=S=S=S=S=S.S=S=S=S=S=S=S=S=S=S=S.S=S=S=S=S=S=S=S=S=S=S=S=S=S.[CH2-]CN(C)C[CH2-].[Y+3]. The molecule has 1 aliphatic rings. The van der Waals surface area contributed by atoms with Crippen LogP contribution in [0.3, 0.4) is 0 Å². The second-order valence-corrected chi connectivity index (χ2v) is 56.9. The molecule has 0 bridgehead atoms. The van der Waals surface area contributed by atoms with Gasteiger partial charge in [-0.15, -0.1) is 18.7 Å². The monoisotopic (exact) mass is 1630 g/mol. The number of hydrogen-bond donors (Lipinski definition) is 1. The van der Waals surface area contributed by atoms with E-state index in [1.165, 1.54) is 66.4 Å². The molecule has 2 aromatic rings. The number of rotatable bonds is 2. The van der Waals surface area contributed by atoms with E-state index >= 15 is 0 Å². The van der Waals surface area contributed by atoms with Crippen LogP contribution in [0.5, 0.6) is 0 Å². The van der Waals surface area contributed by atoms with Crippen molar-refractivity contribution in [1.82, 2.24) is 35.1 Å². The Balaban J connectivity index is -0.000000104. The fourth-order valence-electron chi connectivity index (χ4n) is 2.19. The Kier molecular flexibility index (Phi) is 114. The predicted molar refractivity (Wildman–Crippen MR) is 398 cm³/mol. The van der Waals surface area contributed by atoms with Crippen molar-refractivity contribution < 1.29 is 32.7 Å². The summed E-state index contributed by atoms with van der Waals surface area (Å²) < 4.78 is 0. The molecule has 404 valence electrons. The second-order valence-electron chi connectivity index (χ2n) is 9.09. The molecule has 41 heteroatoms. The smallest absolute Gasteiger partial charge is 0.373 e. The van der Waals surface area contributed by atoms with Gasteiger partial charge >= 0.3 is 32.7 Å². The number of likely N-dealkylation sites (N-methyl/N-ethyl adjacent to an activating group) is 1. The second kappa shape index (κ2) is 85.7. The average Bonchev–Trinajstić information content (AvgIpc) is 3.35. The van der Waals surface area contributed by atoms with Crippen molar-refractivity contribution in [3.8, 4) is 0 Å². The van der Waals surface area contributed by atoms with Gasteiger partial charge in [-0.1, -0.05) is 61.4 Å². The zero-order valence-corrected chi connectivity index (χ0v) is 67.8. The van der Waals surface area contributed by atoms with Crippen LogP contribution in [0, 0.1) is 54.7 Å². The summed E-state index contributed by atoms with van der Waals surface area (Å²) in [4.78, 5) is 20.3. The van der Waals surface area contributed by atoms with Crippen molar-refractivity contribution in [1.29, 1.82) is 0 Å². The Bertz CT molecular complexity index is 2680. The molecular formula is C28H56N7S33Y. The minimum Gasteiger partial charge on any atom is -0.373 e. The fourth-order valence-corrected chi connectivity index (χ4v) is 59.8. The summed E-state index contributed by atoms with van der Waals surface area (Å²) in [5.41, 5.74) is 3.21. The quantitative estimate of drug-likeness (QED) is 0.411. The first-order chi connectivity index (χ1) is 32.4. The van der Waals surface area contributed by atoms with Crippen LogP contribution in [-0.2, 0) is 340 Å².